The molecule has 4 heteroatoms. The van der Waals surface area contributed by atoms with Crippen LogP contribution in [0.1, 0.15) is 20.3 Å². The quantitative estimate of drug-likeness (QED) is 0.640. The molecule has 0 atom stereocenters. The Kier molecular flexibility index (Phi) is 6.77. The Hall–Kier alpha value is -1.08. The van der Waals surface area contributed by atoms with E-state index in [0.717, 1.165) is 0 Å². The molecule has 0 N–H and O–H groups in total. The zero-order chi connectivity index (χ0) is 11.0. The van der Waals surface area contributed by atoms with Crippen LogP contribution in [0.5, 0.6) is 0 Å². The fourth-order valence-corrected chi connectivity index (χ4v) is 0.835. The molecule has 0 unspecified atom stereocenters. The van der Waals surface area contributed by atoms with Crippen LogP contribution in [0.3, 0.4) is 0 Å². The van der Waals surface area contributed by atoms with E-state index in [9.17, 15) is 4.79 Å². The highest BCUT2D eigenvalue weighted by Gasteiger charge is 2.08. The van der Waals surface area contributed by atoms with Crippen molar-refractivity contribution >= 4 is 5.91 Å². The van der Waals surface area contributed by atoms with Crippen molar-refractivity contribution in [1.82, 2.24) is 4.90 Å². The van der Waals surface area contributed by atoms with Crippen LogP contribution in [0.15, 0.2) is 0 Å². The second-order valence-electron chi connectivity index (χ2n) is 3.63. The zero-order valence-electron chi connectivity index (χ0n) is 9.12. The van der Waals surface area contributed by atoms with Crippen LogP contribution in [0.25, 0.3) is 0 Å². The molecule has 0 bridgehead atoms. The molecule has 14 heavy (non-hydrogen) atoms. The number of amides is 1. The largest absolute Gasteiger partial charge is 0.371 e. The number of likely N-dealkylation sites (N-methyl/N-ethyl adjacent to an activating group) is 1. The summed E-state index contributed by atoms with van der Waals surface area (Å²) in [7, 11) is 1.68. The van der Waals surface area contributed by atoms with Gasteiger partial charge in [0.25, 0.3) is 0 Å². The normalized spacial score (nSPS) is 9.93. The molecule has 80 valence electrons. The van der Waals surface area contributed by atoms with Crippen LogP contribution in [0.2, 0.25) is 0 Å². The number of carbonyl (C=O) groups is 1. The van der Waals surface area contributed by atoms with Crippen LogP contribution in [-0.2, 0) is 9.53 Å². The van der Waals surface area contributed by atoms with E-state index < -0.39 is 0 Å². The molecular formula is C10H18N2O2. The molecule has 0 spiro atoms. The summed E-state index contributed by atoms with van der Waals surface area (Å²) in [4.78, 5) is 12.8. The number of ether oxygens (including phenoxy) is 1. The third kappa shape index (κ3) is 6.44. The van der Waals surface area contributed by atoms with Crippen molar-refractivity contribution in [2.45, 2.75) is 20.3 Å². The summed E-state index contributed by atoms with van der Waals surface area (Å²) < 4.78 is 5.18. The molecule has 4 nitrogen and oxygen atoms in total. The van der Waals surface area contributed by atoms with Crippen LogP contribution in [0, 0.1) is 17.2 Å². The predicted molar refractivity (Wildman–Crippen MR) is 53.5 cm³/mol. The smallest absolute Gasteiger partial charge is 0.248 e. The van der Waals surface area contributed by atoms with Gasteiger partial charge in [-0.25, -0.2) is 0 Å². The fourth-order valence-electron chi connectivity index (χ4n) is 0.835. The van der Waals surface area contributed by atoms with Crippen molar-refractivity contribution in [2.75, 3.05) is 26.8 Å². The number of hydrogen-bond acceptors (Lipinski definition) is 3. The maximum Gasteiger partial charge on any atom is 0.248 e. The molecule has 0 aliphatic rings. The lowest BCUT2D eigenvalue weighted by molar-refractivity contribution is -0.135. The molecule has 0 aromatic carbocycles. The molecule has 0 saturated carbocycles. The van der Waals surface area contributed by atoms with E-state index in [1.54, 1.807) is 7.05 Å². The number of nitriles is 1. The molecule has 0 aliphatic heterocycles. The first-order valence-corrected chi connectivity index (χ1v) is 4.76. The van der Waals surface area contributed by atoms with Gasteiger partial charge in [-0.2, -0.15) is 5.26 Å². The van der Waals surface area contributed by atoms with Gasteiger partial charge in [-0.15, -0.1) is 0 Å². The van der Waals surface area contributed by atoms with Gasteiger partial charge in [-0.3, -0.25) is 4.79 Å². The first-order valence-electron chi connectivity index (χ1n) is 4.76. The molecule has 0 aromatic heterocycles. The Morgan fingerprint density at radius 1 is 1.57 bits per heavy atom. The summed E-state index contributed by atoms with van der Waals surface area (Å²) in [5.41, 5.74) is 0. The van der Waals surface area contributed by atoms with Gasteiger partial charge in [0.05, 0.1) is 12.5 Å². The van der Waals surface area contributed by atoms with Crippen molar-refractivity contribution < 1.29 is 9.53 Å². The lowest BCUT2D eigenvalue weighted by Gasteiger charge is -2.15. The van der Waals surface area contributed by atoms with E-state index in [2.05, 4.69) is 0 Å². The van der Waals surface area contributed by atoms with Gasteiger partial charge in [0.15, 0.2) is 0 Å². The van der Waals surface area contributed by atoms with Crippen molar-refractivity contribution in [3.05, 3.63) is 0 Å². The van der Waals surface area contributed by atoms with Gasteiger partial charge in [0.2, 0.25) is 5.91 Å². The van der Waals surface area contributed by atoms with E-state index in [-0.39, 0.29) is 12.5 Å². The first kappa shape index (κ1) is 12.9. The van der Waals surface area contributed by atoms with Crippen molar-refractivity contribution in [3.63, 3.8) is 0 Å². The molecule has 1 amide bonds. The molecule has 0 fully saturated rings. The van der Waals surface area contributed by atoms with Gasteiger partial charge in [-0.05, 0) is 5.92 Å². The Morgan fingerprint density at radius 3 is 2.71 bits per heavy atom. The average Bonchev–Trinajstić information content (AvgIpc) is 2.13. The lowest BCUT2D eigenvalue weighted by atomic mass is 10.2. The molecule has 0 radical (unpaired) electrons. The van der Waals surface area contributed by atoms with Crippen molar-refractivity contribution in [1.29, 1.82) is 5.26 Å². The summed E-state index contributed by atoms with van der Waals surface area (Å²) in [6, 6.07) is 1.99. The standard InChI is InChI=1S/C10H18N2O2/c1-9(2)7-14-8-10(13)12(3)6-4-5-11/h9H,4,6-8H2,1-3H3. The van der Waals surface area contributed by atoms with Gasteiger partial charge < -0.3 is 9.64 Å². The Labute approximate surface area is 85.5 Å². The maximum absolute atomic E-state index is 11.3. The summed E-state index contributed by atoms with van der Waals surface area (Å²) in [6.45, 7) is 5.24. The number of carbonyl (C=O) groups excluding carboxylic acids is 1. The lowest BCUT2D eigenvalue weighted by Crippen LogP contribution is -2.31. The summed E-state index contributed by atoms with van der Waals surface area (Å²) >= 11 is 0. The van der Waals surface area contributed by atoms with Gasteiger partial charge in [0.1, 0.15) is 6.61 Å². The molecular weight excluding hydrogens is 180 g/mol. The first-order chi connectivity index (χ1) is 6.57. The SMILES string of the molecule is CC(C)COCC(=O)N(C)CCC#N. The van der Waals surface area contributed by atoms with Crippen LogP contribution in [-0.4, -0.2) is 37.6 Å². The minimum atomic E-state index is -0.0686. The number of rotatable bonds is 6. The van der Waals surface area contributed by atoms with Crippen LogP contribution in [0.4, 0.5) is 0 Å². The Balaban J connectivity index is 3.58. The summed E-state index contributed by atoms with van der Waals surface area (Å²) in [6.07, 6.45) is 0.367. The molecule has 0 heterocycles. The van der Waals surface area contributed by atoms with E-state index in [0.29, 0.717) is 25.5 Å². The second kappa shape index (κ2) is 7.34. The zero-order valence-corrected chi connectivity index (χ0v) is 9.12. The van der Waals surface area contributed by atoms with E-state index in [1.165, 1.54) is 4.90 Å². The Bertz CT molecular complexity index is 209. The minimum Gasteiger partial charge on any atom is -0.371 e. The minimum absolute atomic E-state index is 0.0686. The topological polar surface area (TPSA) is 53.3 Å². The number of hydrogen-bond donors (Lipinski definition) is 0. The highest BCUT2D eigenvalue weighted by Crippen LogP contribution is 1.94. The average molecular weight is 198 g/mol. The molecule has 0 rings (SSSR count). The van der Waals surface area contributed by atoms with E-state index >= 15 is 0 Å². The fraction of sp³-hybridized carbons (Fsp3) is 0.800. The molecule has 0 aliphatic carbocycles. The number of nitrogens with zero attached hydrogens (tertiary/aromatic N) is 2. The maximum atomic E-state index is 11.3. The molecule has 0 saturated heterocycles. The van der Waals surface area contributed by atoms with E-state index in [1.807, 2.05) is 19.9 Å². The van der Waals surface area contributed by atoms with Gasteiger partial charge >= 0.3 is 0 Å². The third-order valence-corrected chi connectivity index (χ3v) is 1.66. The van der Waals surface area contributed by atoms with Gasteiger partial charge in [-0.1, -0.05) is 13.8 Å². The molecule has 0 aromatic rings. The van der Waals surface area contributed by atoms with Crippen LogP contribution >= 0.6 is 0 Å². The van der Waals surface area contributed by atoms with Crippen LogP contribution < -0.4 is 0 Å². The van der Waals surface area contributed by atoms with Gasteiger partial charge in [0, 0.05) is 20.2 Å². The highest BCUT2D eigenvalue weighted by atomic mass is 16.5. The predicted octanol–water partition coefficient (Wildman–Crippen LogP) is 1.03. The summed E-state index contributed by atoms with van der Waals surface area (Å²) in [5.74, 6) is 0.369. The Morgan fingerprint density at radius 2 is 2.21 bits per heavy atom. The van der Waals surface area contributed by atoms with E-state index in [4.69, 9.17) is 10.00 Å². The summed E-state index contributed by atoms with van der Waals surface area (Å²) in [5, 5.41) is 8.33. The third-order valence-electron chi connectivity index (χ3n) is 1.66. The monoisotopic (exact) mass is 198 g/mol. The second-order valence-corrected chi connectivity index (χ2v) is 3.63. The van der Waals surface area contributed by atoms with Crippen molar-refractivity contribution in [3.8, 4) is 6.07 Å². The highest BCUT2D eigenvalue weighted by molar-refractivity contribution is 5.77. The van der Waals surface area contributed by atoms with Crippen molar-refractivity contribution in [2.24, 2.45) is 5.92 Å².